The van der Waals surface area contributed by atoms with E-state index in [1.165, 1.54) is 18.3 Å². The van der Waals surface area contributed by atoms with Crippen LogP contribution in [0.1, 0.15) is 25.3 Å². The van der Waals surface area contributed by atoms with Crippen molar-refractivity contribution in [3.8, 4) is 0 Å². The van der Waals surface area contributed by atoms with Gasteiger partial charge in [-0.25, -0.2) is 17.8 Å². The van der Waals surface area contributed by atoms with Gasteiger partial charge in [0.15, 0.2) is 9.84 Å². The molecule has 2 rings (SSSR count). The van der Waals surface area contributed by atoms with Crippen molar-refractivity contribution in [3.05, 3.63) is 54.0 Å². The number of hydrogen-bond donors (Lipinski definition) is 1. The van der Waals surface area contributed by atoms with Gasteiger partial charge in [0.1, 0.15) is 11.7 Å². The molecule has 1 aliphatic heterocycles. The number of sulfone groups is 1. The van der Waals surface area contributed by atoms with Crippen LogP contribution >= 0.6 is 0 Å². The maximum Gasteiger partial charge on any atom is 0.253 e. The summed E-state index contributed by atoms with van der Waals surface area (Å²) in [6, 6.07) is 3.45. The van der Waals surface area contributed by atoms with Gasteiger partial charge in [-0.1, -0.05) is 18.7 Å². The van der Waals surface area contributed by atoms with Gasteiger partial charge in [0.2, 0.25) is 0 Å². The molecule has 0 aromatic heterocycles. The second-order valence-electron chi connectivity index (χ2n) is 6.37. The van der Waals surface area contributed by atoms with Crippen molar-refractivity contribution in [2.75, 3.05) is 19.3 Å². The fraction of sp³-hybridized carbons (Fsp3) is 0.368. The number of nitrogens with zero attached hydrogens (tertiary/aromatic N) is 2. The number of amides is 1. The van der Waals surface area contributed by atoms with Gasteiger partial charge in [0.05, 0.1) is 10.5 Å². The van der Waals surface area contributed by atoms with Crippen molar-refractivity contribution in [3.63, 3.8) is 0 Å². The summed E-state index contributed by atoms with van der Waals surface area (Å²) in [7, 11) is -3.61. The zero-order chi connectivity index (χ0) is 20.0. The Morgan fingerprint density at radius 1 is 1.37 bits per heavy atom. The average molecular weight is 393 g/mol. The van der Waals surface area contributed by atoms with Gasteiger partial charge in [0, 0.05) is 32.1 Å². The van der Waals surface area contributed by atoms with Crippen LogP contribution in [0.2, 0.25) is 0 Å². The van der Waals surface area contributed by atoms with E-state index in [9.17, 15) is 17.6 Å². The zero-order valence-corrected chi connectivity index (χ0v) is 16.4. The van der Waals surface area contributed by atoms with Crippen LogP contribution in [0.4, 0.5) is 4.39 Å². The molecule has 0 aliphatic carbocycles. The van der Waals surface area contributed by atoms with Gasteiger partial charge < -0.3 is 10.2 Å². The van der Waals surface area contributed by atoms with E-state index < -0.39 is 21.6 Å². The SMILES string of the molecule is C=C/C(=C\N=C(C)N1CCCC1)C(=O)NCc1ccc(F)cc1S(C)(=O)=O. The molecule has 1 aromatic carbocycles. The highest BCUT2D eigenvalue weighted by molar-refractivity contribution is 7.90. The highest BCUT2D eigenvalue weighted by Crippen LogP contribution is 2.17. The third-order valence-corrected chi connectivity index (χ3v) is 5.48. The topological polar surface area (TPSA) is 78.8 Å². The van der Waals surface area contributed by atoms with E-state index in [4.69, 9.17) is 0 Å². The molecule has 1 aliphatic rings. The lowest BCUT2D eigenvalue weighted by Gasteiger charge is -2.15. The Morgan fingerprint density at radius 3 is 2.63 bits per heavy atom. The lowest BCUT2D eigenvalue weighted by Crippen LogP contribution is -2.26. The van der Waals surface area contributed by atoms with Crippen LogP contribution in [-0.4, -0.2) is 44.4 Å². The van der Waals surface area contributed by atoms with Crippen LogP contribution < -0.4 is 5.32 Å². The fourth-order valence-corrected chi connectivity index (χ4v) is 3.73. The maximum absolute atomic E-state index is 13.4. The van der Waals surface area contributed by atoms with Gasteiger partial charge >= 0.3 is 0 Å². The van der Waals surface area contributed by atoms with E-state index in [0.717, 1.165) is 50.2 Å². The van der Waals surface area contributed by atoms with Crippen molar-refractivity contribution in [1.82, 2.24) is 10.2 Å². The quantitative estimate of drug-likeness (QED) is 0.348. The third-order valence-electron chi connectivity index (χ3n) is 4.30. The predicted molar refractivity (Wildman–Crippen MR) is 104 cm³/mol. The molecule has 0 radical (unpaired) electrons. The molecule has 0 saturated carbocycles. The minimum absolute atomic E-state index is 0.0540. The van der Waals surface area contributed by atoms with Crippen LogP contribution in [-0.2, 0) is 21.2 Å². The van der Waals surface area contributed by atoms with Crippen LogP contribution in [0.5, 0.6) is 0 Å². The van der Waals surface area contributed by atoms with E-state index in [2.05, 4.69) is 21.8 Å². The Labute approximate surface area is 159 Å². The molecule has 8 heteroatoms. The third kappa shape index (κ3) is 5.75. The summed E-state index contributed by atoms with van der Waals surface area (Å²) in [6.07, 6.45) is 6.09. The van der Waals surface area contributed by atoms with E-state index >= 15 is 0 Å². The first-order chi connectivity index (χ1) is 12.7. The first-order valence-corrected chi connectivity index (χ1v) is 10.5. The molecule has 0 spiro atoms. The van der Waals surface area contributed by atoms with Gasteiger partial charge in [-0.15, -0.1) is 0 Å². The highest BCUT2D eigenvalue weighted by Gasteiger charge is 2.16. The van der Waals surface area contributed by atoms with Gasteiger partial charge in [-0.3, -0.25) is 4.79 Å². The van der Waals surface area contributed by atoms with Crippen molar-refractivity contribution in [2.24, 2.45) is 4.99 Å². The Balaban J connectivity index is 2.11. The number of amidine groups is 1. The lowest BCUT2D eigenvalue weighted by molar-refractivity contribution is -0.117. The summed E-state index contributed by atoms with van der Waals surface area (Å²) < 4.78 is 37.0. The van der Waals surface area contributed by atoms with E-state index in [1.807, 2.05) is 6.92 Å². The van der Waals surface area contributed by atoms with Crippen molar-refractivity contribution >= 4 is 21.6 Å². The molecule has 0 atom stereocenters. The molecule has 1 N–H and O–H groups in total. The van der Waals surface area contributed by atoms with Crippen LogP contribution in [0.25, 0.3) is 0 Å². The van der Waals surface area contributed by atoms with Crippen molar-refractivity contribution in [2.45, 2.75) is 31.2 Å². The summed E-state index contributed by atoms with van der Waals surface area (Å²) in [5.74, 6) is -0.256. The molecular formula is C19H24FN3O3S. The van der Waals surface area contributed by atoms with Gasteiger partial charge in [-0.2, -0.15) is 0 Å². The van der Waals surface area contributed by atoms with Crippen molar-refractivity contribution < 1.29 is 17.6 Å². The number of benzene rings is 1. The molecule has 146 valence electrons. The number of aliphatic imine (C=N–C) groups is 1. The Morgan fingerprint density at radius 2 is 2.04 bits per heavy atom. The molecule has 1 heterocycles. The summed E-state index contributed by atoms with van der Waals surface area (Å²) in [4.78, 5) is 18.7. The second-order valence-corrected chi connectivity index (χ2v) is 8.35. The smallest absolute Gasteiger partial charge is 0.253 e. The molecule has 27 heavy (non-hydrogen) atoms. The van der Waals surface area contributed by atoms with E-state index in [-0.39, 0.29) is 17.0 Å². The number of carbonyl (C=O) groups is 1. The highest BCUT2D eigenvalue weighted by atomic mass is 32.2. The lowest BCUT2D eigenvalue weighted by atomic mass is 10.2. The number of hydrogen-bond acceptors (Lipinski definition) is 4. The minimum atomic E-state index is -3.61. The van der Waals surface area contributed by atoms with Crippen LogP contribution in [0, 0.1) is 5.82 Å². The molecular weight excluding hydrogens is 369 g/mol. The Bertz CT molecular complexity index is 885. The normalized spacial score (nSPS) is 15.7. The molecule has 1 saturated heterocycles. The van der Waals surface area contributed by atoms with Crippen molar-refractivity contribution in [1.29, 1.82) is 0 Å². The Kier molecular flexibility index (Phi) is 6.90. The number of carbonyl (C=O) groups excluding carboxylic acids is 1. The minimum Gasteiger partial charge on any atom is -0.360 e. The summed E-state index contributed by atoms with van der Waals surface area (Å²) in [6.45, 7) is 7.37. The monoisotopic (exact) mass is 393 g/mol. The zero-order valence-electron chi connectivity index (χ0n) is 15.5. The number of rotatable bonds is 6. The standard InChI is InChI=1S/C19H24FN3O3S/c1-4-15(12-21-14(2)23-9-5-6-10-23)19(24)22-13-16-7-8-17(20)11-18(16)27(3,25)26/h4,7-8,11-12H,1,5-6,9-10,13H2,2-3H3,(H,22,24)/b15-12+,21-14?. The first kappa shape index (κ1) is 20.8. The van der Waals surface area contributed by atoms with E-state index in [1.54, 1.807) is 0 Å². The molecule has 1 fully saturated rings. The summed E-state index contributed by atoms with van der Waals surface area (Å²) in [5.41, 5.74) is 0.573. The summed E-state index contributed by atoms with van der Waals surface area (Å²) in [5, 5.41) is 2.63. The number of nitrogens with one attached hydrogen (secondary N) is 1. The van der Waals surface area contributed by atoms with E-state index in [0.29, 0.717) is 5.56 Å². The summed E-state index contributed by atoms with van der Waals surface area (Å²) >= 11 is 0. The first-order valence-electron chi connectivity index (χ1n) is 8.61. The average Bonchev–Trinajstić information content (AvgIpc) is 3.15. The molecule has 0 bridgehead atoms. The second kappa shape index (κ2) is 8.94. The van der Waals surface area contributed by atoms with Crippen LogP contribution in [0.15, 0.2) is 52.5 Å². The number of halogens is 1. The Hall–Kier alpha value is -2.48. The molecule has 6 nitrogen and oxygen atoms in total. The fourth-order valence-electron chi connectivity index (χ4n) is 2.79. The largest absolute Gasteiger partial charge is 0.360 e. The number of likely N-dealkylation sites (tertiary alicyclic amines) is 1. The molecule has 1 amide bonds. The molecule has 0 unspecified atom stereocenters. The predicted octanol–water partition coefficient (Wildman–Crippen LogP) is 2.43. The molecule has 1 aromatic rings. The van der Waals surface area contributed by atoms with Gasteiger partial charge in [0.25, 0.3) is 5.91 Å². The maximum atomic E-state index is 13.4. The van der Waals surface area contributed by atoms with Gasteiger partial charge in [-0.05, 0) is 37.5 Å². The van der Waals surface area contributed by atoms with Crippen LogP contribution in [0.3, 0.4) is 0 Å².